The Morgan fingerprint density at radius 2 is 2.25 bits per heavy atom. The first kappa shape index (κ1) is 12.9. The summed E-state index contributed by atoms with van der Waals surface area (Å²) in [6, 6.07) is 1.85. The van der Waals surface area contributed by atoms with Crippen LogP contribution >= 0.6 is 0 Å². The van der Waals surface area contributed by atoms with Gasteiger partial charge in [0.05, 0.1) is 12.8 Å². The molecule has 0 aliphatic heterocycles. The van der Waals surface area contributed by atoms with Crippen molar-refractivity contribution in [3.63, 3.8) is 0 Å². The zero-order valence-corrected chi connectivity index (χ0v) is 11.8. The number of aromatic nitrogens is 4. The van der Waals surface area contributed by atoms with Crippen LogP contribution in [0.3, 0.4) is 0 Å². The average molecular weight is 273 g/mol. The zero-order chi connectivity index (χ0) is 13.9. The number of hydrogen-bond donors (Lipinski definition) is 1. The Bertz CT molecular complexity index is 591. The molecule has 0 amide bonds. The maximum Gasteiger partial charge on any atom is 0.218 e. The van der Waals surface area contributed by atoms with Gasteiger partial charge in [-0.1, -0.05) is 0 Å². The lowest BCUT2D eigenvalue weighted by Gasteiger charge is -2.08. The molecule has 0 saturated heterocycles. The SMILES string of the molecule is Cc1nc(NCc2cnn(C)c2)cc(OCC2CC2)n1. The predicted octanol–water partition coefficient (Wildman–Crippen LogP) is 1.92. The molecule has 0 atom stereocenters. The Balaban J connectivity index is 1.62. The van der Waals surface area contributed by atoms with E-state index in [1.165, 1.54) is 12.8 Å². The minimum atomic E-state index is 0.651. The lowest BCUT2D eigenvalue weighted by molar-refractivity contribution is 0.287. The van der Waals surface area contributed by atoms with Gasteiger partial charge in [-0.05, 0) is 25.7 Å². The van der Waals surface area contributed by atoms with E-state index >= 15 is 0 Å². The summed E-state index contributed by atoms with van der Waals surface area (Å²) in [6.07, 6.45) is 6.36. The van der Waals surface area contributed by atoms with Crippen LogP contribution in [0, 0.1) is 12.8 Å². The molecule has 0 bridgehead atoms. The molecule has 1 N–H and O–H groups in total. The number of rotatable bonds is 6. The lowest BCUT2D eigenvalue weighted by Crippen LogP contribution is -2.06. The summed E-state index contributed by atoms with van der Waals surface area (Å²) in [5.74, 6) is 2.87. The van der Waals surface area contributed by atoms with Crippen molar-refractivity contribution in [3.05, 3.63) is 29.8 Å². The molecule has 1 fully saturated rings. The molecule has 1 aliphatic carbocycles. The maximum atomic E-state index is 5.70. The van der Waals surface area contributed by atoms with Crippen molar-refractivity contribution in [2.24, 2.45) is 13.0 Å². The van der Waals surface area contributed by atoms with Gasteiger partial charge in [0.25, 0.3) is 0 Å². The van der Waals surface area contributed by atoms with Gasteiger partial charge in [-0.15, -0.1) is 0 Å². The molecular formula is C14H19N5O. The van der Waals surface area contributed by atoms with Crippen LogP contribution < -0.4 is 10.1 Å². The van der Waals surface area contributed by atoms with Gasteiger partial charge >= 0.3 is 0 Å². The van der Waals surface area contributed by atoms with Gasteiger partial charge in [0.15, 0.2) is 0 Å². The monoisotopic (exact) mass is 273 g/mol. The second-order valence-corrected chi connectivity index (χ2v) is 5.27. The molecule has 3 rings (SSSR count). The van der Waals surface area contributed by atoms with Gasteiger partial charge in [0, 0.05) is 31.4 Å². The first-order valence-electron chi connectivity index (χ1n) is 6.89. The molecule has 1 saturated carbocycles. The third kappa shape index (κ3) is 3.46. The number of ether oxygens (including phenoxy) is 1. The Kier molecular flexibility index (Phi) is 3.54. The zero-order valence-electron chi connectivity index (χ0n) is 11.8. The van der Waals surface area contributed by atoms with Crippen molar-refractivity contribution in [1.82, 2.24) is 19.7 Å². The van der Waals surface area contributed by atoms with Crippen LogP contribution in [0.1, 0.15) is 24.2 Å². The van der Waals surface area contributed by atoms with Crippen LogP contribution in [0.5, 0.6) is 5.88 Å². The third-order valence-corrected chi connectivity index (χ3v) is 3.21. The summed E-state index contributed by atoms with van der Waals surface area (Å²) < 4.78 is 7.48. The normalized spacial score (nSPS) is 14.3. The second-order valence-electron chi connectivity index (χ2n) is 5.27. The fraction of sp³-hybridized carbons (Fsp3) is 0.500. The highest BCUT2D eigenvalue weighted by Gasteiger charge is 2.22. The van der Waals surface area contributed by atoms with E-state index in [0.717, 1.165) is 23.9 Å². The minimum Gasteiger partial charge on any atom is -0.477 e. The molecule has 1 aliphatic rings. The molecule has 2 aromatic rings. The quantitative estimate of drug-likeness (QED) is 0.871. The van der Waals surface area contributed by atoms with Gasteiger partial charge in [0.2, 0.25) is 5.88 Å². The van der Waals surface area contributed by atoms with E-state index in [1.54, 1.807) is 4.68 Å². The fourth-order valence-electron chi connectivity index (χ4n) is 1.95. The van der Waals surface area contributed by atoms with Crippen molar-refractivity contribution in [2.45, 2.75) is 26.3 Å². The van der Waals surface area contributed by atoms with Crippen LogP contribution in [0.2, 0.25) is 0 Å². The molecule has 0 aromatic carbocycles. The molecule has 106 valence electrons. The smallest absolute Gasteiger partial charge is 0.218 e. The summed E-state index contributed by atoms with van der Waals surface area (Å²) in [5, 5.41) is 7.41. The van der Waals surface area contributed by atoms with E-state index < -0.39 is 0 Å². The molecule has 2 aromatic heterocycles. The van der Waals surface area contributed by atoms with Crippen LogP contribution in [0.4, 0.5) is 5.82 Å². The number of anilines is 1. The first-order valence-corrected chi connectivity index (χ1v) is 6.89. The number of nitrogens with zero attached hydrogens (tertiary/aromatic N) is 4. The molecule has 0 unspecified atom stereocenters. The van der Waals surface area contributed by atoms with Gasteiger partial charge in [0.1, 0.15) is 11.6 Å². The van der Waals surface area contributed by atoms with Gasteiger partial charge in [-0.3, -0.25) is 4.68 Å². The molecule has 6 heteroatoms. The van der Waals surface area contributed by atoms with Crippen molar-refractivity contribution >= 4 is 5.82 Å². The molecule has 2 heterocycles. The fourth-order valence-corrected chi connectivity index (χ4v) is 1.95. The van der Waals surface area contributed by atoms with Crippen molar-refractivity contribution in [2.75, 3.05) is 11.9 Å². The highest BCUT2D eigenvalue weighted by molar-refractivity contribution is 5.39. The van der Waals surface area contributed by atoms with E-state index in [-0.39, 0.29) is 0 Å². The average Bonchev–Trinajstić information content (AvgIpc) is 3.15. The summed E-state index contributed by atoms with van der Waals surface area (Å²) in [4.78, 5) is 8.67. The largest absolute Gasteiger partial charge is 0.477 e. The molecule has 20 heavy (non-hydrogen) atoms. The Morgan fingerprint density at radius 3 is 2.95 bits per heavy atom. The van der Waals surface area contributed by atoms with E-state index in [1.807, 2.05) is 32.4 Å². The van der Waals surface area contributed by atoms with Crippen molar-refractivity contribution in [3.8, 4) is 5.88 Å². The van der Waals surface area contributed by atoms with E-state index in [9.17, 15) is 0 Å². The van der Waals surface area contributed by atoms with Gasteiger partial charge in [-0.2, -0.15) is 10.1 Å². The van der Waals surface area contributed by atoms with Gasteiger partial charge < -0.3 is 10.1 Å². The molecular weight excluding hydrogens is 254 g/mol. The summed E-state index contributed by atoms with van der Waals surface area (Å²) in [6.45, 7) is 3.32. The van der Waals surface area contributed by atoms with Crippen LogP contribution in [-0.4, -0.2) is 26.4 Å². The van der Waals surface area contributed by atoms with Crippen LogP contribution in [-0.2, 0) is 13.6 Å². The van der Waals surface area contributed by atoms with Crippen LogP contribution in [0.15, 0.2) is 18.5 Å². The predicted molar refractivity (Wildman–Crippen MR) is 75.5 cm³/mol. The Morgan fingerprint density at radius 1 is 1.40 bits per heavy atom. The standard InChI is InChI=1S/C14H19N5O/c1-10-17-13(15-6-12-7-16-19(2)8-12)5-14(18-10)20-9-11-3-4-11/h5,7-8,11H,3-4,6,9H2,1-2H3,(H,15,17,18). The topological polar surface area (TPSA) is 64.9 Å². The van der Waals surface area contributed by atoms with E-state index in [2.05, 4.69) is 20.4 Å². The van der Waals surface area contributed by atoms with E-state index in [0.29, 0.717) is 18.2 Å². The third-order valence-electron chi connectivity index (χ3n) is 3.21. The van der Waals surface area contributed by atoms with E-state index in [4.69, 9.17) is 4.74 Å². The molecule has 6 nitrogen and oxygen atoms in total. The lowest BCUT2D eigenvalue weighted by atomic mass is 10.3. The number of nitrogens with one attached hydrogen (secondary N) is 1. The van der Waals surface area contributed by atoms with Gasteiger partial charge in [-0.25, -0.2) is 4.98 Å². The second kappa shape index (κ2) is 5.48. The maximum absolute atomic E-state index is 5.70. The summed E-state index contributed by atoms with van der Waals surface area (Å²) in [7, 11) is 1.90. The highest BCUT2D eigenvalue weighted by Crippen LogP contribution is 2.29. The number of hydrogen-bond acceptors (Lipinski definition) is 5. The number of aryl methyl sites for hydroxylation is 2. The first-order chi connectivity index (χ1) is 9.69. The minimum absolute atomic E-state index is 0.651. The van der Waals surface area contributed by atoms with Crippen molar-refractivity contribution in [1.29, 1.82) is 0 Å². The molecule has 0 radical (unpaired) electrons. The Labute approximate surface area is 118 Å². The summed E-state index contributed by atoms with van der Waals surface area (Å²) in [5.41, 5.74) is 1.12. The highest BCUT2D eigenvalue weighted by atomic mass is 16.5. The van der Waals surface area contributed by atoms with Crippen molar-refractivity contribution < 1.29 is 4.74 Å². The summed E-state index contributed by atoms with van der Waals surface area (Å²) >= 11 is 0. The van der Waals surface area contributed by atoms with Crippen LogP contribution in [0.25, 0.3) is 0 Å². The molecule has 0 spiro atoms. The Hall–Kier alpha value is -2.11.